The summed E-state index contributed by atoms with van der Waals surface area (Å²) in [5, 5.41) is 1.68. The number of aromatic amines is 1. The molecule has 4 atom stereocenters. The van der Waals surface area contributed by atoms with Gasteiger partial charge >= 0.3 is 6.09 Å². The molecule has 6 heterocycles. The standard InChI is InChI=1S/C55H67N7O7/c1-36-32-62(53(64)69-54(3,4)5)37(2)31-61(36)41-23-26-60(27-24-41)52-57-47-21-18-39(46-33-59(6)51(63)49-44(46)22-25-56-49)29-45(47)50(58-52)55(68-42-19-20-42,35-67-48-17-10-11-28-65-48)40-15-12-16-43(30-40)66-34-38-13-8-7-9-14-38/h7-9,12-16,18,21-22,25,29-30,33,36-37,41-42,48,56H,10-11,17,19-20,23-24,26-28,31-32,34-35H2,1-6H3/t36-,37+,48?,55?/m0/s1. The number of aromatic nitrogens is 4. The van der Waals surface area contributed by atoms with Crippen LogP contribution in [0.25, 0.3) is 32.9 Å². The number of aryl methyl sites for hydroxylation is 1. The van der Waals surface area contributed by atoms with Gasteiger partial charge in [0.1, 0.15) is 23.5 Å². The Morgan fingerprint density at radius 1 is 0.870 bits per heavy atom. The van der Waals surface area contributed by atoms with E-state index in [-0.39, 0.29) is 42.7 Å². The van der Waals surface area contributed by atoms with Gasteiger partial charge in [-0.05, 0) is 127 Å². The lowest BCUT2D eigenvalue weighted by molar-refractivity contribution is -0.197. The zero-order chi connectivity index (χ0) is 47.9. The number of hydrogen-bond acceptors (Lipinski definition) is 11. The third-order valence-electron chi connectivity index (χ3n) is 14.2. The highest BCUT2D eigenvalue weighted by Crippen LogP contribution is 2.45. The summed E-state index contributed by atoms with van der Waals surface area (Å²) in [6, 6.07) is 27.2. The quantitative estimate of drug-likeness (QED) is 0.119. The topological polar surface area (TPSA) is 137 Å². The number of carbonyl (C=O) groups excluding carboxylic acids is 1. The van der Waals surface area contributed by atoms with E-state index in [0.717, 1.165) is 103 Å². The summed E-state index contributed by atoms with van der Waals surface area (Å²) in [7, 11) is 1.79. The van der Waals surface area contributed by atoms with Crippen LogP contribution in [0.4, 0.5) is 10.7 Å². The molecule has 3 aromatic carbocycles. The molecule has 1 aliphatic carbocycles. The van der Waals surface area contributed by atoms with Crippen molar-refractivity contribution in [2.24, 2.45) is 7.05 Å². The predicted octanol–water partition coefficient (Wildman–Crippen LogP) is 9.32. The highest BCUT2D eigenvalue weighted by molar-refractivity contribution is 5.97. The fourth-order valence-corrected chi connectivity index (χ4v) is 10.4. The minimum absolute atomic E-state index is 0.00884. The summed E-state index contributed by atoms with van der Waals surface area (Å²) < 4.78 is 34.5. The van der Waals surface area contributed by atoms with Gasteiger partial charge in [-0.15, -0.1) is 0 Å². The number of nitrogens with one attached hydrogen (secondary N) is 1. The lowest BCUT2D eigenvalue weighted by Crippen LogP contribution is -2.62. The van der Waals surface area contributed by atoms with Crippen molar-refractivity contribution in [1.82, 2.24) is 29.3 Å². The number of ether oxygens (including phenoxy) is 5. The summed E-state index contributed by atoms with van der Waals surface area (Å²) in [5.74, 6) is 1.36. The fourth-order valence-electron chi connectivity index (χ4n) is 10.4. The highest BCUT2D eigenvalue weighted by atomic mass is 16.7. The summed E-state index contributed by atoms with van der Waals surface area (Å²) in [6.07, 6.45) is 9.59. The van der Waals surface area contributed by atoms with Crippen molar-refractivity contribution in [3.63, 3.8) is 0 Å². The van der Waals surface area contributed by atoms with Crippen molar-refractivity contribution in [1.29, 1.82) is 0 Å². The van der Waals surface area contributed by atoms with Crippen molar-refractivity contribution in [3.8, 4) is 16.9 Å². The van der Waals surface area contributed by atoms with E-state index in [0.29, 0.717) is 48.7 Å². The van der Waals surface area contributed by atoms with E-state index in [4.69, 9.17) is 33.7 Å². The Kier molecular flexibility index (Phi) is 13.3. The Hall–Kier alpha value is -5.80. The van der Waals surface area contributed by atoms with Crippen molar-refractivity contribution in [2.75, 3.05) is 44.3 Å². The first-order chi connectivity index (χ1) is 33.3. The second kappa shape index (κ2) is 19.5. The van der Waals surface area contributed by atoms with Crippen LogP contribution in [0.15, 0.2) is 96.1 Å². The van der Waals surface area contributed by atoms with E-state index in [1.807, 2.05) is 74.5 Å². The number of hydrogen-bond donors (Lipinski definition) is 1. The molecule has 1 saturated carbocycles. The Morgan fingerprint density at radius 2 is 1.68 bits per heavy atom. The molecule has 3 aromatic heterocycles. The smallest absolute Gasteiger partial charge is 0.410 e. The number of anilines is 1. The molecule has 4 aliphatic rings. The van der Waals surface area contributed by atoms with Crippen molar-refractivity contribution >= 4 is 33.8 Å². The molecule has 0 bridgehead atoms. The average molecular weight is 938 g/mol. The number of piperidine rings is 1. The molecule has 1 N–H and O–H groups in total. The zero-order valence-corrected chi connectivity index (χ0v) is 41.0. The maximum Gasteiger partial charge on any atom is 0.410 e. The molecule has 3 saturated heterocycles. The van der Waals surface area contributed by atoms with E-state index < -0.39 is 11.2 Å². The van der Waals surface area contributed by atoms with Crippen LogP contribution in [0.5, 0.6) is 5.75 Å². The van der Waals surface area contributed by atoms with Crippen LogP contribution in [-0.4, -0.2) is 111 Å². The number of carbonyl (C=O) groups is 1. The third kappa shape index (κ3) is 10.1. The second-order valence-corrected chi connectivity index (χ2v) is 20.6. The van der Waals surface area contributed by atoms with Gasteiger partial charge in [0.15, 0.2) is 11.9 Å². The largest absolute Gasteiger partial charge is 0.489 e. The minimum atomic E-state index is -1.20. The Morgan fingerprint density at radius 3 is 2.43 bits per heavy atom. The maximum atomic E-state index is 13.2. The normalized spacial score (nSPS) is 21.7. The Balaban J connectivity index is 1.05. The summed E-state index contributed by atoms with van der Waals surface area (Å²) in [5.41, 5.74) is 4.00. The van der Waals surface area contributed by atoms with E-state index in [1.165, 1.54) is 0 Å². The maximum absolute atomic E-state index is 13.2. The number of H-pyrrole nitrogens is 1. The van der Waals surface area contributed by atoms with Gasteiger partial charge in [-0.3, -0.25) is 9.69 Å². The van der Waals surface area contributed by atoms with Crippen molar-refractivity contribution in [2.45, 2.75) is 128 Å². The van der Waals surface area contributed by atoms with Crippen LogP contribution in [0.3, 0.4) is 0 Å². The van der Waals surface area contributed by atoms with Gasteiger partial charge in [-0.1, -0.05) is 48.5 Å². The number of benzene rings is 3. The fraction of sp³-hybridized carbons (Fsp3) is 0.491. The van der Waals surface area contributed by atoms with E-state index in [1.54, 1.807) is 11.6 Å². The van der Waals surface area contributed by atoms with Crippen LogP contribution in [0.1, 0.15) is 96.4 Å². The van der Waals surface area contributed by atoms with Gasteiger partial charge in [0, 0.05) is 86.7 Å². The van der Waals surface area contributed by atoms with Gasteiger partial charge in [0.25, 0.3) is 5.56 Å². The SMILES string of the molecule is C[C@@H]1CN(C2CCN(c3nc(C(COC4CCCCO4)(OC4CC4)c4cccc(OCc5ccccc5)c4)c4cc(-c5cn(C)c(=O)c6[nH]ccc56)ccc4n3)CC2)[C@@H](C)CN1C(=O)OC(C)(C)C. The number of nitrogens with zero attached hydrogens (tertiary/aromatic N) is 6. The Labute approximate surface area is 404 Å². The molecule has 0 radical (unpaired) electrons. The van der Waals surface area contributed by atoms with Gasteiger partial charge in [0.2, 0.25) is 5.95 Å². The zero-order valence-electron chi connectivity index (χ0n) is 41.0. The number of pyridine rings is 1. The van der Waals surface area contributed by atoms with E-state index in [9.17, 15) is 9.59 Å². The molecule has 3 aliphatic heterocycles. The molecule has 4 fully saturated rings. The van der Waals surface area contributed by atoms with Gasteiger partial charge in [-0.2, -0.15) is 0 Å². The second-order valence-electron chi connectivity index (χ2n) is 20.6. The van der Waals surface area contributed by atoms with Crippen molar-refractivity contribution in [3.05, 3.63) is 118 Å². The first kappa shape index (κ1) is 46.9. The van der Waals surface area contributed by atoms with Gasteiger partial charge < -0.3 is 43.0 Å². The molecular formula is C55H67N7O7. The molecule has 10 rings (SSSR count). The molecule has 1 amide bonds. The third-order valence-corrected chi connectivity index (χ3v) is 14.2. The molecule has 14 heteroatoms. The number of amides is 1. The predicted molar refractivity (Wildman–Crippen MR) is 268 cm³/mol. The van der Waals surface area contributed by atoms with Crippen LogP contribution < -0.4 is 15.2 Å². The van der Waals surface area contributed by atoms with Gasteiger partial charge in [0.05, 0.1) is 23.9 Å². The van der Waals surface area contributed by atoms with E-state index in [2.05, 4.69) is 71.1 Å². The average Bonchev–Trinajstić information content (AvgIpc) is 4.04. The number of rotatable bonds is 13. The van der Waals surface area contributed by atoms with Crippen molar-refractivity contribution < 1.29 is 28.5 Å². The number of piperazine rings is 1. The summed E-state index contributed by atoms with van der Waals surface area (Å²) >= 11 is 0. The Bertz CT molecular complexity index is 2820. The first-order valence-electron chi connectivity index (χ1n) is 25.0. The highest BCUT2D eigenvalue weighted by Gasteiger charge is 2.46. The summed E-state index contributed by atoms with van der Waals surface area (Å²) in [4.78, 5) is 47.5. The molecule has 69 heavy (non-hydrogen) atoms. The first-order valence-corrected chi connectivity index (χ1v) is 25.0. The summed E-state index contributed by atoms with van der Waals surface area (Å²) in [6.45, 7) is 14.2. The molecule has 6 aromatic rings. The molecule has 2 unspecified atom stereocenters. The molecular weight excluding hydrogens is 871 g/mol. The lowest BCUT2D eigenvalue weighted by atomic mass is 9.87. The monoisotopic (exact) mass is 938 g/mol. The lowest BCUT2D eigenvalue weighted by Gasteiger charge is -2.49. The van der Waals surface area contributed by atoms with E-state index >= 15 is 0 Å². The van der Waals surface area contributed by atoms with Crippen LogP contribution in [0.2, 0.25) is 0 Å². The molecule has 0 spiro atoms. The molecule has 14 nitrogen and oxygen atoms in total. The van der Waals surface area contributed by atoms with Crippen LogP contribution in [0, 0.1) is 0 Å². The van der Waals surface area contributed by atoms with Crippen LogP contribution in [-0.2, 0) is 38.2 Å². The van der Waals surface area contributed by atoms with Crippen LogP contribution >= 0.6 is 0 Å². The minimum Gasteiger partial charge on any atom is -0.489 e. The van der Waals surface area contributed by atoms with Gasteiger partial charge in [-0.25, -0.2) is 14.8 Å². The molecule has 364 valence electrons. The number of fused-ring (bicyclic) bond motifs is 2.